The Bertz CT molecular complexity index is 1100. The van der Waals surface area contributed by atoms with Crippen LogP contribution in [0.25, 0.3) is 0 Å². The van der Waals surface area contributed by atoms with Crippen LogP contribution in [-0.2, 0) is 4.79 Å². The SMILES string of the molecule is CCNC(=O)N(C)CC(=O)N1N=C(c2ccc(OC)cc2OC)C[C@@H]1c1ccc(OC)c(OC)c1. The minimum Gasteiger partial charge on any atom is -0.497 e. The van der Waals surface area contributed by atoms with Gasteiger partial charge in [-0.1, -0.05) is 6.07 Å². The van der Waals surface area contributed by atoms with Gasteiger partial charge in [0.2, 0.25) is 0 Å². The van der Waals surface area contributed by atoms with Gasteiger partial charge < -0.3 is 29.2 Å². The number of hydrogen-bond acceptors (Lipinski definition) is 7. The van der Waals surface area contributed by atoms with E-state index in [1.165, 1.54) is 9.91 Å². The maximum absolute atomic E-state index is 13.3. The molecule has 0 unspecified atom stereocenters. The number of amides is 3. The molecule has 3 rings (SSSR count). The summed E-state index contributed by atoms with van der Waals surface area (Å²) in [6.07, 6.45) is 0.439. The lowest BCUT2D eigenvalue weighted by molar-refractivity contribution is -0.133. The molecule has 0 bridgehead atoms. The standard InChI is InChI=1S/C25H32N4O6/c1-7-26-25(31)28(2)15-24(30)29-20(16-8-11-21(33-4)23(12-16)35-6)14-19(27-29)18-10-9-17(32-3)13-22(18)34-5/h8-13,20H,7,14-15H2,1-6H3,(H,26,31)/t20-/m1/s1. The average molecular weight is 485 g/mol. The van der Waals surface area contributed by atoms with Crippen LogP contribution in [0, 0.1) is 0 Å². The molecule has 3 amide bonds. The number of methoxy groups -OCH3 is 4. The molecule has 10 nitrogen and oxygen atoms in total. The van der Waals surface area contributed by atoms with Crippen LogP contribution in [0.15, 0.2) is 41.5 Å². The monoisotopic (exact) mass is 484 g/mol. The van der Waals surface area contributed by atoms with Crippen LogP contribution in [0.3, 0.4) is 0 Å². The molecule has 1 heterocycles. The maximum Gasteiger partial charge on any atom is 0.317 e. The zero-order valence-electron chi connectivity index (χ0n) is 21.0. The molecule has 0 saturated heterocycles. The van der Waals surface area contributed by atoms with Crippen LogP contribution in [0.4, 0.5) is 4.79 Å². The third-order valence-electron chi connectivity index (χ3n) is 5.72. The summed E-state index contributed by atoms with van der Waals surface area (Å²) in [7, 11) is 7.85. The zero-order valence-corrected chi connectivity index (χ0v) is 21.0. The van der Waals surface area contributed by atoms with E-state index in [0.29, 0.717) is 41.7 Å². The summed E-state index contributed by atoms with van der Waals surface area (Å²) in [4.78, 5) is 26.9. The smallest absolute Gasteiger partial charge is 0.317 e. The third-order valence-corrected chi connectivity index (χ3v) is 5.72. The Labute approximate surface area is 205 Å². The number of carbonyl (C=O) groups excluding carboxylic acids is 2. The van der Waals surface area contributed by atoms with Gasteiger partial charge in [0, 0.05) is 31.6 Å². The van der Waals surface area contributed by atoms with Crippen LogP contribution in [0.1, 0.15) is 30.5 Å². The Morgan fingerprint density at radius 1 is 1.00 bits per heavy atom. The Morgan fingerprint density at radius 2 is 1.71 bits per heavy atom. The predicted octanol–water partition coefficient (Wildman–Crippen LogP) is 3.06. The van der Waals surface area contributed by atoms with E-state index < -0.39 is 6.04 Å². The molecule has 2 aromatic carbocycles. The van der Waals surface area contributed by atoms with Gasteiger partial charge in [0.05, 0.1) is 40.2 Å². The molecular weight excluding hydrogens is 452 g/mol. The van der Waals surface area contributed by atoms with Crippen molar-refractivity contribution >= 4 is 17.6 Å². The Kier molecular flexibility index (Phi) is 8.40. The molecule has 0 spiro atoms. The molecule has 0 saturated carbocycles. The van der Waals surface area contributed by atoms with Crippen molar-refractivity contribution in [2.45, 2.75) is 19.4 Å². The van der Waals surface area contributed by atoms with Crippen LogP contribution in [-0.4, -0.2) is 76.1 Å². The summed E-state index contributed by atoms with van der Waals surface area (Å²) in [5.41, 5.74) is 2.26. The Morgan fingerprint density at radius 3 is 2.34 bits per heavy atom. The fraction of sp³-hybridized carbons (Fsp3) is 0.400. The number of carbonyl (C=O) groups is 2. The molecule has 1 atom stereocenters. The molecule has 0 radical (unpaired) electrons. The van der Waals surface area contributed by atoms with E-state index in [1.54, 1.807) is 47.6 Å². The highest BCUT2D eigenvalue weighted by atomic mass is 16.5. The highest BCUT2D eigenvalue weighted by Crippen LogP contribution is 2.39. The molecule has 1 aliphatic heterocycles. The quantitative estimate of drug-likeness (QED) is 0.587. The van der Waals surface area contributed by atoms with Gasteiger partial charge in [-0.2, -0.15) is 5.10 Å². The van der Waals surface area contributed by atoms with Crippen LogP contribution >= 0.6 is 0 Å². The van der Waals surface area contributed by atoms with Crippen molar-refractivity contribution in [2.24, 2.45) is 5.10 Å². The molecule has 0 aromatic heterocycles. The minimum atomic E-state index is -0.410. The average Bonchev–Trinajstić information content (AvgIpc) is 3.33. The van der Waals surface area contributed by atoms with E-state index in [1.807, 2.05) is 31.2 Å². The Balaban J connectivity index is 2.00. The maximum atomic E-state index is 13.3. The van der Waals surface area contributed by atoms with Gasteiger partial charge in [0.1, 0.15) is 18.0 Å². The molecule has 10 heteroatoms. The second-order valence-electron chi connectivity index (χ2n) is 7.88. The van der Waals surface area contributed by atoms with E-state index in [9.17, 15) is 9.59 Å². The fourth-order valence-corrected chi connectivity index (χ4v) is 3.89. The number of nitrogens with one attached hydrogen (secondary N) is 1. The minimum absolute atomic E-state index is 0.133. The van der Waals surface area contributed by atoms with Gasteiger partial charge in [-0.3, -0.25) is 4.79 Å². The van der Waals surface area contributed by atoms with Crippen molar-refractivity contribution < 1.29 is 28.5 Å². The van der Waals surface area contributed by atoms with Crippen molar-refractivity contribution in [1.82, 2.24) is 15.2 Å². The highest BCUT2D eigenvalue weighted by Gasteiger charge is 2.35. The molecule has 188 valence electrons. The number of benzene rings is 2. The van der Waals surface area contributed by atoms with E-state index in [0.717, 1.165) is 11.1 Å². The topological polar surface area (TPSA) is 102 Å². The van der Waals surface area contributed by atoms with Gasteiger partial charge in [-0.25, -0.2) is 9.80 Å². The number of urea groups is 1. The molecular formula is C25H32N4O6. The lowest BCUT2D eigenvalue weighted by Gasteiger charge is -2.25. The van der Waals surface area contributed by atoms with E-state index in [2.05, 4.69) is 10.4 Å². The van der Waals surface area contributed by atoms with Gasteiger partial charge in [0.15, 0.2) is 11.5 Å². The van der Waals surface area contributed by atoms with Crippen molar-refractivity contribution in [3.63, 3.8) is 0 Å². The van der Waals surface area contributed by atoms with Crippen LogP contribution < -0.4 is 24.3 Å². The van der Waals surface area contributed by atoms with Crippen LogP contribution in [0.2, 0.25) is 0 Å². The van der Waals surface area contributed by atoms with Crippen molar-refractivity contribution in [3.05, 3.63) is 47.5 Å². The summed E-state index contributed by atoms with van der Waals surface area (Å²) in [6.45, 7) is 2.15. The molecule has 2 aromatic rings. The Hall–Kier alpha value is -3.95. The second-order valence-corrected chi connectivity index (χ2v) is 7.88. The number of hydrogen-bond donors (Lipinski definition) is 1. The van der Waals surface area contributed by atoms with Crippen molar-refractivity contribution in [3.8, 4) is 23.0 Å². The first kappa shape index (κ1) is 25.7. The summed E-state index contributed by atoms with van der Waals surface area (Å²) >= 11 is 0. The first-order valence-corrected chi connectivity index (χ1v) is 11.2. The van der Waals surface area contributed by atoms with Crippen molar-refractivity contribution in [2.75, 3.05) is 48.6 Å². The van der Waals surface area contributed by atoms with E-state index in [4.69, 9.17) is 18.9 Å². The normalized spacial score (nSPS) is 14.7. The van der Waals surface area contributed by atoms with Gasteiger partial charge in [-0.15, -0.1) is 0 Å². The lowest BCUT2D eigenvalue weighted by atomic mass is 9.97. The summed E-state index contributed by atoms with van der Waals surface area (Å²) < 4.78 is 21.7. The molecule has 1 N–H and O–H groups in total. The summed E-state index contributed by atoms with van der Waals surface area (Å²) in [6, 6.07) is 10.2. The zero-order chi connectivity index (χ0) is 25.5. The van der Waals surface area contributed by atoms with E-state index >= 15 is 0 Å². The fourth-order valence-electron chi connectivity index (χ4n) is 3.89. The molecule has 0 fully saturated rings. The second kappa shape index (κ2) is 11.5. The number of hydrazone groups is 1. The van der Waals surface area contributed by atoms with Gasteiger partial charge in [0.25, 0.3) is 5.91 Å². The van der Waals surface area contributed by atoms with Crippen molar-refractivity contribution in [1.29, 1.82) is 0 Å². The first-order chi connectivity index (χ1) is 16.9. The van der Waals surface area contributed by atoms with E-state index in [-0.39, 0.29) is 18.5 Å². The molecule has 0 aliphatic carbocycles. The molecule has 1 aliphatic rings. The first-order valence-electron chi connectivity index (χ1n) is 11.2. The lowest BCUT2D eigenvalue weighted by Crippen LogP contribution is -2.43. The predicted molar refractivity (Wildman–Crippen MR) is 132 cm³/mol. The van der Waals surface area contributed by atoms with Gasteiger partial charge in [-0.05, 0) is 36.8 Å². The molecule has 35 heavy (non-hydrogen) atoms. The third kappa shape index (κ3) is 5.59. The number of ether oxygens (including phenoxy) is 4. The summed E-state index contributed by atoms with van der Waals surface area (Å²) in [5.74, 6) is 2.05. The number of nitrogens with zero attached hydrogens (tertiary/aromatic N) is 3. The summed E-state index contributed by atoms with van der Waals surface area (Å²) in [5, 5.41) is 8.81. The largest absolute Gasteiger partial charge is 0.497 e. The number of rotatable bonds is 9. The van der Waals surface area contributed by atoms with Gasteiger partial charge >= 0.3 is 6.03 Å². The number of likely N-dealkylation sites (N-methyl/N-ethyl adjacent to an activating group) is 1. The van der Waals surface area contributed by atoms with Crippen LogP contribution in [0.5, 0.6) is 23.0 Å². The highest BCUT2D eigenvalue weighted by molar-refractivity contribution is 6.05.